The van der Waals surface area contributed by atoms with Crippen molar-refractivity contribution in [3.63, 3.8) is 0 Å². The van der Waals surface area contributed by atoms with Crippen LogP contribution in [0.4, 0.5) is 0 Å². The van der Waals surface area contributed by atoms with E-state index in [1.807, 2.05) is 11.6 Å². The van der Waals surface area contributed by atoms with E-state index in [1.54, 1.807) is 0 Å². The Bertz CT molecular complexity index is 263. The molecule has 68 valence electrons. The second-order valence-corrected chi connectivity index (χ2v) is 3.16. The summed E-state index contributed by atoms with van der Waals surface area (Å²) < 4.78 is 2.04. The minimum absolute atomic E-state index is 0.734. The number of hydrogen-bond acceptors (Lipinski definition) is 2. The molecule has 0 spiro atoms. The van der Waals surface area contributed by atoms with Crippen LogP contribution in [0.1, 0.15) is 23.4 Å². The summed E-state index contributed by atoms with van der Waals surface area (Å²) in [7, 11) is 0. The molecule has 0 aromatic carbocycles. The minimum atomic E-state index is 0.734. The number of nitrogens with two attached hydrogens (primary N) is 1. The summed E-state index contributed by atoms with van der Waals surface area (Å²) in [6, 6.07) is 0. The molecule has 0 saturated carbocycles. The van der Waals surface area contributed by atoms with Crippen molar-refractivity contribution in [2.24, 2.45) is 5.73 Å². The quantitative estimate of drug-likeness (QED) is 0.734. The summed E-state index contributed by atoms with van der Waals surface area (Å²) in [6.45, 7) is 7.93. The fourth-order valence-corrected chi connectivity index (χ4v) is 1.25. The highest BCUT2D eigenvalue weighted by atomic mass is 15.3. The molecule has 0 aliphatic rings. The SMILES string of the molecule is Cc1nn(CCCN)c(C)c1C. The summed E-state index contributed by atoms with van der Waals surface area (Å²) >= 11 is 0. The van der Waals surface area contributed by atoms with Crippen molar-refractivity contribution < 1.29 is 0 Å². The van der Waals surface area contributed by atoms with Gasteiger partial charge in [-0.15, -0.1) is 0 Å². The van der Waals surface area contributed by atoms with Gasteiger partial charge in [-0.25, -0.2) is 0 Å². The van der Waals surface area contributed by atoms with Gasteiger partial charge in [-0.05, 0) is 39.3 Å². The van der Waals surface area contributed by atoms with Gasteiger partial charge < -0.3 is 5.73 Å². The normalized spacial score (nSPS) is 10.7. The van der Waals surface area contributed by atoms with Crippen molar-refractivity contribution in [2.45, 2.75) is 33.7 Å². The zero-order valence-corrected chi connectivity index (χ0v) is 8.09. The Morgan fingerprint density at radius 2 is 2.00 bits per heavy atom. The van der Waals surface area contributed by atoms with Crippen LogP contribution in [0.25, 0.3) is 0 Å². The van der Waals surface area contributed by atoms with Crippen LogP contribution in [0.15, 0.2) is 0 Å². The Morgan fingerprint density at radius 3 is 2.42 bits per heavy atom. The Labute approximate surface area is 73.6 Å². The van der Waals surface area contributed by atoms with E-state index in [9.17, 15) is 0 Å². The first kappa shape index (κ1) is 9.26. The van der Waals surface area contributed by atoms with E-state index in [-0.39, 0.29) is 0 Å². The monoisotopic (exact) mass is 167 g/mol. The lowest BCUT2D eigenvalue weighted by molar-refractivity contribution is 0.567. The van der Waals surface area contributed by atoms with E-state index in [0.717, 1.165) is 25.2 Å². The van der Waals surface area contributed by atoms with Crippen LogP contribution in [0.5, 0.6) is 0 Å². The number of rotatable bonds is 3. The van der Waals surface area contributed by atoms with E-state index < -0.39 is 0 Å². The summed E-state index contributed by atoms with van der Waals surface area (Å²) in [5.41, 5.74) is 9.12. The first-order valence-electron chi connectivity index (χ1n) is 4.37. The zero-order valence-electron chi connectivity index (χ0n) is 8.09. The van der Waals surface area contributed by atoms with E-state index >= 15 is 0 Å². The van der Waals surface area contributed by atoms with Crippen LogP contribution >= 0.6 is 0 Å². The van der Waals surface area contributed by atoms with Gasteiger partial charge in [-0.1, -0.05) is 0 Å². The van der Waals surface area contributed by atoms with Gasteiger partial charge in [-0.2, -0.15) is 5.10 Å². The van der Waals surface area contributed by atoms with Gasteiger partial charge in [0.15, 0.2) is 0 Å². The highest BCUT2D eigenvalue weighted by Crippen LogP contribution is 2.10. The summed E-state index contributed by atoms with van der Waals surface area (Å²) in [6.07, 6.45) is 1.00. The molecule has 0 aliphatic carbocycles. The van der Waals surface area contributed by atoms with E-state index in [1.165, 1.54) is 11.3 Å². The minimum Gasteiger partial charge on any atom is -0.330 e. The van der Waals surface area contributed by atoms with Crippen molar-refractivity contribution >= 4 is 0 Å². The van der Waals surface area contributed by atoms with E-state index in [2.05, 4.69) is 18.9 Å². The molecule has 0 aliphatic heterocycles. The topological polar surface area (TPSA) is 43.8 Å². The third-order valence-corrected chi connectivity index (χ3v) is 2.32. The van der Waals surface area contributed by atoms with Crippen molar-refractivity contribution in [1.82, 2.24) is 9.78 Å². The highest BCUT2D eigenvalue weighted by Gasteiger charge is 2.05. The molecule has 3 heteroatoms. The van der Waals surface area contributed by atoms with Gasteiger partial charge in [0.05, 0.1) is 5.69 Å². The molecule has 1 heterocycles. The molecule has 0 atom stereocenters. The van der Waals surface area contributed by atoms with E-state index in [0.29, 0.717) is 0 Å². The van der Waals surface area contributed by atoms with Crippen LogP contribution < -0.4 is 5.73 Å². The number of hydrogen-bond donors (Lipinski definition) is 1. The highest BCUT2D eigenvalue weighted by molar-refractivity contribution is 5.21. The molecule has 3 nitrogen and oxygen atoms in total. The van der Waals surface area contributed by atoms with Gasteiger partial charge >= 0.3 is 0 Å². The lowest BCUT2D eigenvalue weighted by Crippen LogP contribution is -2.08. The molecule has 0 saturated heterocycles. The van der Waals surface area contributed by atoms with Crippen molar-refractivity contribution in [3.8, 4) is 0 Å². The third kappa shape index (κ3) is 1.67. The van der Waals surface area contributed by atoms with Gasteiger partial charge in [0, 0.05) is 12.2 Å². The Kier molecular flexibility index (Phi) is 2.87. The van der Waals surface area contributed by atoms with Gasteiger partial charge in [0.25, 0.3) is 0 Å². The molecule has 0 amide bonds. The van der Waals surface area contributed by atoms with Crippen molar-refractivity contribution in [3.05, 3.63) is 17.0 Å². The molecule has 1 aromatic rings. The Balaban J connectivity index is 2.79. The summed E-state index contributed by atoms with van der Waals surface area (Å²) in [4.78, 5) is 0. The number of aryl methyl sites for hydroxylation is 2. The smallest absolute Gasteiger partial charge is 0.0625 e. The Morgan fingerprint density at radius 1 is 1.33 bits per heavy atom. The van der Waals surface area contributed by atoms with Crippen LogP contribution in [0.3, 0.4) is 0 Å². The molecule has 12 heavy (non-hydrogen) atoms. The van der Waals surface area contributed by atoms with E-state index in [4.69, 9.17) is 5.73 Å². The maximum atomic E-state index is 5.43. The molecule has 0 unspecified atom stereocenters. The summed E-state index contributed by atoms with van der Waals surface area (Å²) in [5, 5.41) is 4.41. The fourth-order valence-electron chi connectivity index (χ4n) is 1.25. The Hall–Kier alpha value is -0.830. The maximum absolute atomic E-state index is 5.43. The molecular formula is C9H17N3. The largest absolute Gasteiger partial charge is 0.330 e. The molecule has 1 aromatic heterocycles. The van der Waals surface area contributed by atoms with Gasteiger partial charge in [0.2, 0.25) is 0 Å². The zero-order chi connectivity index (χ0) is 9.14. The van der Waals surface area contributed by atoms with Crippen LogP contribution in [-0.4, -0.2) is 16.3 Å². The fraction of sp³-hybridized carbons (Fsp3) is 0.667. The molecule has 0 fully saturated rings. The van der Waals surface area contributed by atoms with Crippen LogP contribution in [0.2, 0.25) is 0 Å². The molecule has 2 N–H and O–H groups in total. The maximum Gasteiger partial charge on any atom is 0.0625 e. The first-order chi connectivity index (χ1) is 5.66. The number of aromatic nitrogens is 2. The van der Waals surface area contributed by atoms with Crippen LogP contribution in [0, 0.1) is 20.8 Å². The predicted octanol–water partition coefficient (Wildman–Crippen LogP) is 1.16. The van der Waals surface area contributed by atoms with Crippen molar-refractivity contribution in [2.75, 3.05) is 6.54 Å². The molecule has 0 radical (unpaired) electrons. The molecule has 0 bridgehead atoms. The third-order valence-electron chi connectivity index (χ3n) is 2.32. The second kappa shape index (κ2) is 3.72. The van der Waals surface area contributed by atoms with Gasteiger partial charge in [0.1, 0.15) is 0 Å². The average molecular weight is 167 g/mol. The van der Waals surface area contributed by atoms with Crippen LogP contribution in [-0.2, 0) is 6.54 Å². The average Bonchev–Trinajstić information content (AvgIpc) is 2.30. The molecular weight excluding hydrogens is 150 g/mol. The first-order valence-corrected chi connectivity index (χ1v) is 4.37. The predicted molar refractivity (Wildman–Crippen MR) is 50.1 cm³/mol. The number of nitrogens with zero attached hydrogens (tertiary/aromatic N) is 2. The summed E-state index contributed by atoms with van der Waals surface area (Å²) in [5.74, 6) is 0. The molecule has 1 rings (SSSR count). The second-order valence-electron chi connectivity index (χ2n) is 3.16. The lowest BCUT2D eigenvalue weighted by atomic mass is 10.2. The standard InChI is InChI=1S/C9H17N3/c1-7-8(2)11-12(9(7)3)6-4-5-10/h4-6,10H2,1-3H3. The van der Waals surface area contributed by atoms with Crippen molar-refractivity contribution in [1.29, 1.82) is 0 Å². The lowest BCUT2D eigenvalue weighted by Gasteiger charge is -2.01. The van der Waals surface area contributed by atoms with Gasteiger partial charge in [-0.3, -0.25) is 4.68 Å².